The van der Waals surface area contributed by atoms with Crippen LogP contribution in [0.5, 0.6) is 0 Å². The normalized spacial score (nSPS) is 18.9. The minimum atomic E-state index is -0.551. The number of anilines is 1. The molecule has 7 heteroatoms. The Hall–Kier alpha value is -2.57. The molecule has 1 N–H and O–H groups in total. The van der Waals surface area contributed by atoms with E-state index in [9.17, 15) is 14.4 Å². The molecule has 1 saturated heterocycles. The molecule has 1 aliphatic carbocycles. The van der Waals surface area contributed by atoms with Gasteiger partial charge in [-0.3, -0.25) is 14.2 Å². The second kappa shape index (κ2) is 6.87. The lowest BCUT2D eigenvalue weighted by Gasteiger charge is -2.36. The molecule has 1 aromatic heterocycles. The van der Waals surface area contributed by atoms with Crippen LogP contribution in [0.2, 0.25) is 0 Å². The predicted molar refractivity (Wildman–Crippen MR) is 101 cm³/mol. The van der Waals surface area contributed by atoms with E-state index in [0.717, 1.165) is 51.6 Å². The van der Waals surface area contributed by atoms with Gasteiger partial charge in [0.15, 0.2) is 5.58 Å². The van der Waals surface area contributed by atoms with Crippen LogP contribution >= 0.6 is 0 Å². The highest BCUT2D eigenvalue weighted by Crippen LogP contribution is 2.41. The van der Waals surface area contributed by atoms with Crippen molar-refractivity contribution in [2.24, 2.45) is 5.41 Å². The lowest BCUT2D eigenvalue weighted by atomic mass is 9.70. The topological polar surface area (TPSA) is 84.5 Å². The number of oxazole rings is 1. The maximum Gasteiger partial charge on any atom is 0.420 e. The fraction of sp³-hybridized carbons (Fsp3) is 0.550. The Morgan fingerprint density at radius 1 is 1.15 bits per heavy atom. The molecule has 1 saturated carbocycles. The van der Waals surface area contributed by atoms with Crippen LogP contribution in [0.1, 0.15) is 45.4 Å². The third-order valence-corrected chi connectivity index (χ3v) is 5.93. The minimum Gasteiger partial charge on any atom is -0.408 e. The molecule has 2 fully saturated rings. The first-order chi connectivity index (χ1) is 13.0. The number of fused-ring (bicyclic) bond motifs is 1. The summed E-state index contributed by atoms with van der Waals surface area (Å²) in [6.07, 6.45) is 6.00. The van der Waals surface area contributed by atoms with Crippen molar-refractivity contribution in [1.29, 1.82) is 0 Å². The van der Waals surface area contributed by atoms with Crippen molar-refractivity contribution in [2.45, 2.75) is 52.0 Å². The average Bonchev–Trinajstić information content (AvgIpc) is 2.95. The maximum atomic E-state index is 12.6. The molecule has 2 aliphatic rings. The van der Waals surface area contributed by atoms with Crippen molar-refractivity contribution in [3.8, 4) is 0 Å². The number of benzene rings is 1. The molecule has 0 unspecified atom stereocenters. The number of nitrogens with one attached hydrogen (secondary N) is 1. The number of rotatable bonds is 4. The van der Waals surface area contributed by atoms with E-state index in [-0.39, 0.29) is 23.8 Å². The Bertz CT molecular complexity index is 932. The van der Waals surface area contributed by atoms with Gasteiger partial charge >= 0.3 is 5.76 Å². The molecule has 1 aromatic carbocycles. The van der Waals surface area contributed by atoms with Crippen LogP contribution in [0.3, 0.4) is 0 Å². The van der Waals surface area contributed by atoms with Crippen LogP contribution in [-0.2, 0) is 16.1 Å². The molecule has 7 nitrogen and oxygen atoms in total. The highest BCUT2D eigenvalue weighted by atomic mass is 16.4. The van der Waals surface area contributed by atoms with Crippen LogP contribution in [-0.4, -0.2) is 34.4 Å². The van der Waals surface area contributed by atoms with E-state index >= 15 is 0 Å². The number of piperidine rings is 1. The molecule has 2 heterocycles. The second-order valence-electron chi connectivity index (χ2n) is 7.95. The SMILES string of the molecule is CC1(C(=O)Nc2ccc3oc(=O)n(CC(=O)N4CCCCC4)c3c2)CCC1. The molecular formula is C20H25N3O4. The fourth-order valence-corrected chi connectivity index (χ4v) is 3.88. The largest absolute Gasteiger partial charge is 0.420 e. The number of carbonyl (C=O) groups is 2. The molecule has 144 valence electrons. The first kappa shape index (κ1) is 17.8. The molecule has 0 radical (unpaired) electrons. The van der Waals surface area contributed by atoms with E-state index in [1.165, 1.54) is 4.57 Å². The molecule has 4 rings (SSSR count). The summed E-state index contributed by atoms with van der Waals surface area (Å²) >= 11 is 0. The van der Waals surface area contributed by atoms with Gasteiger partial charge in [0, 0.05) is 24.2 Å². The van der Waals surface area contributed by atoms with Crippen LogP contribution in [0.15, 0.2) is 27.4 Å². The first-order valence-corrected chi connectivity index (χ1v) is 9.69. The van der Waals surface area contributed by atoms with Gasteiger partial charge in [-0.15, -0.1) is 0 Å². The molecule has 2 amide bonds. The Labute approximate surface area is 157 Å². The van der Waals surface area contributed by atoms with Gasteiger partial charge in [0.1, 0.15) is 6.54 Å². The standard InChI is InChI=1S/C20H25N3O4/c1-20(8-5-9-20)18(25)21-14-6-7-16-15(12-14)23(19(26)27-16)13-17(24)22-10-3-2-4-11-22/h6-7,12H,2-5,8-11,13H2,1H3,(H,21,25). The van der Waals surface area contributed by atoms with E-state index in [1.54, 1.807) is 23.1 Å². The minimum absolute atomic E-state index is 0.00474. The Morgan fingerprint density at radius 3 is 2.56 bits per heavy atom. The van der Waals surface area contributed by atoms with E-state index in [2.05, 4.69) is 5.32 Å². The maximum absolute atomic E-state index is 12.6. The zero-order valence-electron chi connectivity index (χ0n) is 15.6. The number of aromatic nitrogens is 1. The Morgan fingerprint density at radius 2 is 1.89 bits per heavy atom. The van der Waals surface area contributed by atoms with Crippen molar-refractivity contribution in [3.63, 3.8) is 0 Å². The Kier molecular flexibility index (Phi) is 4.53. The van der Waals surface area contributed by atoms with Crippen molar-refractivity contribution in [1.82, 2.24) is 9.47 Å². The summed E-state index contributed by atoms with van der Waals surface area (Å²) in [5.41, 5.74) is 1.25. The van der Waals surface area contributed by atoms with Gasteiger partial charge in [-0.2, -0.15) is 0 Å². The van der Waals surface area contributed by atoms with Crippen molar-refractivity contribution >= 4 is 28.6 Å². The summed E-state index contributed by atoms with van der Waals surface area (Å²) in [6.45, 7) is 3.41. The number of likely N-dealkylation sites (tertiary alicyclic amines) is 1. The van der Waals surface area contributed by atoms with Crippen molar-refractivity contribution < 1.29 is 14.0 Å². The number of amides is 2. The van der Waals surface area contributed by atoms with Gasteiger partial charge in [-0.25, -0.2) is 4.79 Å². The number of hydrogen-bond donors (Lipinski definition) is 1. The lowest BCUT2D eigenvalue weighted by molar-refractivity contribution is -0.132. The summed E-state index contributed by atoms with van der Waals surface area (Å²) < 4.78 is 6.62. The number of carbonyl (C=O) groups excluding carboxylic acids is 2. The van der Waals surface area contributed by atoms with Crippen LogP contribution in [0, 0.1) is 5.41 Å². The van der Waals surface area contributed by atoms with Crippen LogP contribution < -0.4 is 11.1 Å². The van der Waals surface area contributed by atoms with Gasteiger partial charge < -0.3 is 14.6 Å². The second-order valence-corrected chi connectivity index (χ2v) is 7.95. The van der Waals surface area contributed by atoms with E-state index in [4.69, 9.17) is 4.42 Å². The third-order valence-electron chi connectivity index (χ3n) is 5.93. The van der Waals surface area contributed by atoms with Gasteiger partial charge in [-0.1, -0.05) is 13.3 Å². The number of hydrogen-bond acceptors (Lipinski definition) is 4. The molecule has 0 bridgehead atoms. The monoisotopic (exact) mass is 371 g/mol. The fourth-order valence-electron chi connectivity index (χ4n) is 3.88. The smallest absolute Gasteiger partial charge is 0.408 e. The van der Waals surface area contributed by atoms with E-state index in [0.29, 0.717) is 16.8 Å². The third kappa shape index (κ3) is 3.38. The van der Waals surface area contributed by atoms with Gasteiger partial charge in [0.05, 0.1) is 5.52 Å². The Balaban J connectivity index is 1.57. The summed E-state index contributed by atoms with van der Waals surface area (Å²) in [6, 6.07) is 5.10. The molecule has 1 aliphatic heterocycles. The predicted octanol–water partition coefficient (Wildman–Crippen LogP) is 2.74. The van der Waals surface area contributed by atoms with Gasteiger partial charge in [-0.05, 0) is 50.3 Å². The molecule has 0 spiro atoms. The average molecular weight is 371 g/mol. The van der Waals surface area contributed by atoms with E-state index < -0.39 is 5.76 Å². The van der Waals surface area contributed by atoms with Crippen LogP contribution in [0.25, 0.3) is 11.1 Å². The van der Waals surface area contributed by atoms with Crippen molar-refractivity contribution in [3.05, 3.63) is 28.7 Å². The highest BCUT2D eigenvalue weighted by molar-refractivity contribution is 5.97. The zero-order chi connectivity index (χ0) is 19.0. The molecular weight excluding hydrogens is 346 g/mol. The molecule has 27 heavy (non-hydrogen) atoms. The zero-order valence-corrected chi connectivity index (χ0v) is 15.6. The first-order valence-electron chi connectivity index (χ1n) is 9.69. The van der Waals surface area contributed by atoms with E-state index in [1.807, 2.05) is 6.92 Å². The van der Waals surface area contributed by atoms with Crippen LogP contribution in [0.4, 0.5) is 5.69 Å². The quantitative estimate of drug-likeness (QED) is 0.896. The number of nitrogens with zero attached hydrogens (tertiary/aromatic N) is 2. The summed E-state index contributed by atoms with van der Waals surface area (Å²) in [7, 11) is 0. The van der Waals surface area contributed by atoms with Gasteiger partial charge in [0.2, 0.25) is 11.8 Å². The summed E-state index contributed by atoms with van der Waals surface area (Å²) in [5, 5.41) is 2.94. The molecule has 0 atom stereocenters. The summed E-state index contributed by atoms with van der Waals surface area (Å²) in [4.78, 5) is 39.1. The van der Waals surface area contributed by atoms with Gasteiger partial charge in [0.25, 0.3) is 0 Å². The lowest BCUT2D eigenvalue weighted by Crippen LogP contribution is -2.39. The highest BCUT2D eigenvalue weighted by Gasteiger charge is 2.39. The molecule has 2 aromatic rings. The summed E-state index contributed by atoms with van der Waals surface area (Å²) in [5.74, 6) is -0.629. The van der Waals surface area contributed by atoms with Crippen molar-refractivity contribution in [2.75, 3.05) is 18.4 Å².